The Bertz CT molecular complexity index is 563. The van der Waals surface area contributed by atoms with Gasteiger partial charge in [0.05, 0.1) is 11.3 Å². The second kappa shape index (κ2) is 12.3. The number of hydrogen-bond donors (Lipinski definition) is 0. The SMILES string of the molecule is CCCCCCCCCCCCN(C(=O)c1ccsc1)c1ccsc1. The maximum absolute atomic E-state index is 12.7. The van der Waals surface area contributed by atoms with Crippen LogP contribution < -0.4 is 4.90 Å². The number of thiophene rings is 2. The van der Waals surface area contributed by atoms with E-state index in [-0.39, 0.29) is 5.91 Å². The molecule has 0 N–H and O–H groups in total. The molecule has 25 heavy (non-hydrogen) atoms. The van der Waals surface area contributed by atoms with Crippen LogP contribution in [0.2, 0.25) is 0 Å². The highest BCUT2D eigenvalue weighted by Crippen LogP contribution is 2.22. The van der Waals surface area contributed by atoms with Crippen molar-refractivity contribution in [2.24, 2.45) is 0 Å². The number of rotatable bonds is 13. The molecule has 0 aromatic carbocycles. The monoisotopic (exact) mass is 377 g/mol. The zero-order valence-corrected chi connectivity index (χ0v) is 17.0. The maximum Gasteiger partial charge on any atom is 0.259 e. The lowest BCUT2D eigenvalue weighted by Crippen LogP contribution is -2.31. The normalized spacial score (nSPS) is 10.9. The first-order valence-corrected chi connectivity index (χ1v) is 11.6. The Kier molecular flexibility index (Phi) is 9.90. The lowest BCUT2D eigenvalue weighted by Gasteiger charge is -2.21. The molecule has 0 aliphatic rings. The Labute approximate surface area is 160 Å². The van der Waals surface area contributed by atoms with E-state index < -0.39 is 0 Å². The molecule has 2 heterocycles. The zero-order chi connectivity index (χ0) is 17.7. The van der Waals surface area contributed by atoms with Crippen molar-refractivity contribution in [1.29, 1.82) is 0 Å². The summed E-state index contributed by atoms with van der Waals surface area (Å²) in [6.45, 7) is 3.09. The predicted molar refractivity (Wildman–Crippen MR) is 112 cm³/mol. The fraction of sp³-hybridized carbons (Fsp3) is 0.571. The fourth-order valence-corrected chi connectivity index (χ4v) is 4.33. The predicted octanol–water partition coefficient (Wildman–Crippen LogP) is 7.38. The lowest BCUT2D eigenvalue weighted by molar-refractivity contribution is 0.0987. The van der Waals surface area contributed by atoms with Crippen molar-refractivity contribution >= 4 is 34.3 Å². The Hall–Kier alpha value is -1.13. The van der Waals surface area contributed by atoms with Gasteiger partial charge in [-0.15, -0.1) is 0 Å². The van der Waals surface area contributed by atoms with E-state index in [0.29, 0.717) is 0 Å². The maximum atomic E-state index is 12.7. The molecular formula is C21H31NOS2. The number of carbonyl (C=O) groups excluding carboxylic acids is 1. The van der Waals surface area contributed by atoms with Gasteiger partial charge in [-0.3, -0.25) is 4.79 Å². The van der Waals surface area contributed by atoms with E-state index in [0.717, 1.165) is 24.2 Å². The quantitative estimate of drug-likeness (QED) is 0.333. The fourth-order valence-electron chi connectivity index (χ4n) is 3.06. The number of amides is 1. The molecule has 0 saturated heterocycles. The molecular weight excluding hydrogens is 346 g/mol. The number of anilines is 1. The number of unbranched alkanes of at least 4 members (excludes halogenated alkanes) is 9. The number of hydrogen-bond acceptors (Lipinski definition) is 3. The Morgan fingerprint density at radius 3 is 2.00 bits per heavy atom. The molecule has 0 aliphatic heterocycles. The molecule has 0 unspecified atom stereocenters. The van der Waals surface area contributed by atoms with Gasteiger partial charge in [-0.2, -0.15) is 22.7 Å². The van der Waals surface area contributed by atoms with Crippen LogP contribution in [0.3, 0.4) is 0 Å². The average molecular weight is 378 g/mol. The van der Waals surface area contributed by atoms with Crippen LogP contribution in [-0.2, 0) is 0 Å². The van der Waals surface area contributed by atoms with E-state index in [1.165, 1.54) is 57.8 Å². The van der Waals surface area contributed by atoms with Gasteiger partial charge in [-0.1, -0.05) is 64.7 Å². The van der Waals surface area contributed by atoms with E-state index in [1.54, 1.807) is 22.7 Å². The van der Waals surface area contributed by atoms with Gasteiger partial charge in [0.1, 0.15) is 0 Å². The Morgan fingerprint density at radius 1 is 0.840 bits per heavy atom. The van der Waals surface area contributed by atoms with Gasteiger partial charge in [-0.05, 0) is 29.3 Å². The summed E-state index contributed by atoms with van der Waals surface area (Å²) in [4.78, 5) is 14.7. The summed E-state index contributed by atoms with van der Waals surface area (Å²) in [5.41, 5.74) is 1.85. The van der Waals surface area contributed by atoms with Crippen molar-refractivity contribution in [3.05, 3.63) is 39.2 Å². The van der Waals surface area contributed by atoms with Crippen LogP contribution >= 0.6 is 22.7 Å². The molecule has 0 spiro atoms. The van der Waals surface area contributed by atoms with E-state index in [2.05, 4.69) is 12.3 Å². The summed E-state index contributed by atoms with van der Waals surface area (Å²) < 4.78 is 0. The first-order valence-electron chi connectivity index (χ1n) is 9.69. The lowest BCUT2D eigenvalue weighted by atomic mass is 10.1. The Balaban J connectivity index is 1.66. The molecule has 2 aromatic heterocycles. The molecule has 4 heteroatoms. The largest absolute Gasteiger partial charge is 0.308 e. The molecule has 138 valence electrons. The molecule has 0 fully saturated rings. The topological polar surface area (TPSA) is 20.3 Å². The van der Waals surface area contributed by atoms with Gasteiger partial charge >= 0.3 is 0 Å². The van der Waals surface area contributed by atoms with Crippen LogP contribution in [0, 0.1) is 0 Å². The summed E-state index contributed by atoms with van der Waals surface area (Å²) in [7, 11) is 0. The van der Waals surface area contributed by atoms with Gasteiger partial charge in [0, 0.05) is 17.3 Å². The van der Waals surface area contributed by atoms with Crippen molar-refractivity contribution in [1.82, 2.24) is 0 Å². The highest BCUT2D eigenvalue weighted by molar-refractivity contribution is 7.08. The molecule has 0 bridgehead atoms. The van der Waals surface area contributed by atoms with Gasteiger partial charge in [-0.25, -0.2) is 0 Å². The minimum atomic E-state index is 0.135. The minimum Gasteiger partial charge on any atom is -0.308 e. The number of nitrogens with zero attached hydrogens (tertiary/aromatic N) is 1. The summed E-state index contributed by atoms with van der Waals surface area (Å²) in [5.74, 6) is 0.135. The third-order valence-corrected chi connectivity index (χ3v) is 5.92. The molecule has 0 aliphatic carbocycles. The van der Waals surface area contributed by atoms with Crippen LogP contribution in [0.1, 0.15) is 81.5 Å². The molecule has 2 nitrogen and oxygen atoms in total. The smallest absolute Gasteiger partial charge is 0.259 e. The highest BCUT2D eigenvalue weighted by Gasteiger charge is 2.17. The average Bonchev–Trinajstić information content (AvgIpc) is 3.33. The molecule has 0 radical (unpaired) electrons. The van der Waals surface area contributed by atoms with Gasteiger partial charge in [0.15, 0.2) is 0 Å². The van der Waals surface area contributed by atoms with Crippen LogP contribution in [0.15, 0.2) is 33.7 Å². The second-order valence-electron chi connectivity index (χ2n) is 6.63. The molecule has 1 amide bonds. The third-order valence-electron chi connectivity index (χ3n) is 4.57. The molecule has 2 rings (SSSR count). The van der Waals surface area contributed by atoms with Crippen LogP contribution in [0.5, 0.6) is 0 Å². The summed E-state index contributed by atoms with van der Waals surface area (Å²) in [5, 5.41) is 8.03. The van der Waals surface area contributed by atoms with E-state index in [4.69, 9.17) is 0 Å². The first-order chi connectivity index (χ1) is 12.3. The van der Waals surface area contributed by atoms with Crippen LogP contribution in [0.4, 0.5) is 5.69 Å². The van der Waals surface area contributed by atoms with Crippen molar-refractivity contribution in [2.75, 3.05) is 11.4 Å². The standard InChI is InChI=1S/C21H31NOS2/c1-2-3-4-5-6-7-8-9-10-11-14-22(20-13-16-25-18-20)21(23)19-12-15-24-17-19/h12-13,15-18H,2-11,14H2,1H3. The molecule has 0 saturated carbocycles. The van der Waals surface area contributed by atoms with Crippen LogP contribution in [-0.4, -0.2) is 12.5 Å². The molecule has 0 atom stereocenters. The van der Waals surface area contributed by atoms with Crippen molar-refractivity contribution in [3.63, 3.8) is 0 Å². The van der Waals surface area contributed by atoms with Gasteiger partial charge in [0.2, 0.25) is 0 Å². The second-order valence-corrected chi connectivity index (χ2v) is 8.19. The van der Waals surface area contributed by atoms with Crippen molar-refractivity contribution in [2.45, 2.75) is 71.1 Å². The first kappa shape index (κ1) is 20.2. The Morgan fingerprint density at radius 2 is 1.44 bits per heavy atom. The zero-order valence-electron chi connectivity index (χ0n) is 15.4. The minimum absolute atomic E-state index is 0.135. The van der Waals surface area contributed by atoms with E-state index in [1.807, 2.05) is 33.2 Å². The van der Waals surface area contributed by atoms with Gasteiger partial charge < -0.3 is 4.90 Å². The van der Waals surface area contributed by atoms with Crippen LogP contribution in [0.25, 0.3) is 0 Å². The summed E-state index contributed by atoms with van der Waals surface area (Å²) >= 11 is 3.23. The van der Waals surface area contributed by atoms with Gasteiger partial charge in [0.25, 0.3) is 5.91 Å². The van der Waals surface area contributed by atoms with E-state index >= 15 is 0 Å². The summed E-state index contributed by atoms with van der Waals surface area (Å²) in [6.07, 6.45) is 13.2. The van der Waals surface area contributed by atoms with E-state index in [9.17, 15) is 4.79 Å². The molecule has 2 aromatic rings. The third kappa shape index (κ3) is 7.33. The van der Waals surface area contributed by atoms with Crippen molar-refractivity contribution in [3.8, 4) is 0 Å². The van der Waals surface area contributed by atoms with Crippen molar-refractivity contribution < 1.29 is 4.79 Å². The summed E-state index contributed by atoms with van der Waals surface area (Å²) in [6, 6.07) is 3.97. The highest BCUT2D eigenvalue weighted by atomic mass is 32.1. The number of carbonyl (C=O) groups is 1.